The van der Waals surface area contributed by atoms with E-state index >= 15 is 0 Å². The third kappa shape index (κ3) is 2.08. The first-order valence-electron chi connectivity index (χ1n) is 4.13. The Balaban J connectivity index is 2.83. The zero-order chi connectivity index (χ0) is 10.0. The van der Waals surface area contributed by atoms with Crippen LogP contribution in [0, 0.1) is 11.8 Å². The lowest BCUT2D eigenvalue weighted by Crippen LogP contribution is -2.31. The predicted molar refractivity (Wildman–Crippen MR) is 45.2 cm³/mol. The average molecular weight is 184 g/mol. The lowest BCUT2D eigenvalue weighted by molar-refractivity contribution is -0.153. The maximum Gasteiger partial charge on any atom is 0.307 e. The second-order valence-electron chi connectivity index (χ2n) is 3.38. The minimum Gasteiger partial charge on any atom is -0.481 e. The number of allylic oxidation sites excluding steroid dienone is 2. The van der Waals surface area contributed by atoms with Gasteiger partial charge in [0.25, 0.3) is 0 Å². The maximum atomic E-state index is 10.7. The standard InChI is InChI=1S/C9H12O4/c1-5-2-3-6(8(10)11)7(4-5)9(12)13/h2,6-7H,3-4H2,1H3,(H,10,11)(H,12,13)/t6-,7-/m1/s1. The quantitative estimate of drug-likeness (QED) is 0.631. The first-order valence-corrected chi connectivity index (χ1v) is 4.13. The minimum absolute atomic E-state index is 0.331. The molecular weight excluding hydrogens is 172 g/mol. The fourth-order valence-corrected chi connectivity index (χ4v) is 1.60. The van der Waals surface area contributed by atoms with E-state index in [2.05, 4.69) is 0 Å². The van der Waals surface area contributed by atoms with Crippen LogP contribution in [0.3, 0.4) is 0 Å². The Kier molecular flexibility index (Phi) is 2.70. The average Bonchev–Trinajstić information content (AvgIpc) is 2.03. The molecule has 0 spiro atoms. The minimum atomic E-state index is -1.02. The summed E-state index contributed by atoms with van der Waals surface area (Å²) in [6.45, 7) is 1.83. The molecule has 2 N–H and O–H groups in total. The number of aliphatic carboxylic acids is 2. The Labute approximate surface area is 75.9 Å². The molecule has 0 aromatic heterocycles. The summed E-state index contributed by atoms with van der Waals surface area (Å²) in [5.74, 6) is -3.56. The zero-order valence-electron chi connectivity index (χ0n) is 7.36. The lowest BCUT2D eigenvalue weighted by atomic mass is 9.80. The van der Waals surface area contributed by atoms with Crippen LogP contribution in [0.5, 0.6) is 0 Å². The number of carbonyl (C=O) groups is 2. The van der Waals surface area contributed by atoms with Gasteiger partial charge in [0.05, 0.1) is 11.8 Å². The van der Waals surface area contributed by atoms with Crippen molar-refractivity contribution in [2.75, 3.05) is 0 Å². The van der Waals surface area contributed by atoms with Crippen molar-refractivity contribution in [1.29, 1.82) is 0 Å². The second kappa shape index (κ2) is 3.60. The summed E-state index contributed by atoms with van der Waals surface area (Å²) in [6, 6.07) is 0. The summed E-state index contributed by atoms with van der Waals surface area (Å²) < 4.78 is 0. The van der Waals surface area contributed by atoms with Crippen molar-refractivity contribution in [3.8, 4) is 0 Å². The highest BCUT2D eigenvalue weighted by Gasteiger charge is 2.35. The molecule has 1 aliphatic carbocycles. The van der Waals surface area contributed by atoms with E-state index in [1.54, 1.807) is 6.08 Å². The third-order valence-electron chi connectivity index (χ3n) is 2.38. The molecule has 0 aromatic carbocycles. The number of carboxylic acid groups (broad SMARTS) is 2. The van der Waals surface area contributed by atoms with Gasteiger partial charge in [-0.15, -0.1) is 0 Å². The van der Waals surface area contributed by atoms with Crippen molar-refractivity contribution >= 4 is 11.9 Å². The van der Waals surface area contributed by atoms with Gasteiger partial charge in [0, 0.05) is 0 Å². The van der Waals surface area contributed by atoms with Gasteiger partial charge in [-0.05, 0) is 19.8 Å². The van der Waals surface area contributed by atoms with Crippen molar-refractivity contribution in [1.82, 2.24) is 0 Å². The molecule has 72 valence electrons. The van der Waals surface area contributed by atoms with Crippen molar-refractivity contribution in [3.63, 3.8) is 0 Å². The van der Waals surface area contributed by atoms with Gasteiger partial charge >= 0.3 is 11.9 Å². The Hall–Kier alpha value is -1.32. The second-order valence-corrected chi connectivity index (χ2v) is 3.38. The zero-order valence-corrected chi connectivity index (χ0v) is 7.36. The van der Waals surface area contributed by atoms with Crippen molar-refractivity contribution < 1.29 is 19.8 Å². The summed E-state index contributed by atoms with van der Waals surface area (Å²) in [7, 11) is 0. The topological polar surface area (TPSA) is 74.6 Å². The van der Waals surface area contributed by atoms with E-state index in [0.717, 1.165) is 5.57 Å². The highest BCUT2D eigenvalue weighted by molar-refractivity contribution is 5.80. The SMILES string of the molecule is CC1=CC[C@@H](C(=O)O)[C@H](C(=O)O)C1. The summed E-state index contributed by atoms with van der Waals surface area (Å²) in [6.07, 6.45) is 2.49. The van der Waals surface area contributed by atoms with Crippen molar-refractivity contribution in [3.05, 3.63) is 11.6 Å². The molecule has 0 aromatic rings. The van der Waals surface area contributed by atoms with Crippen LogP contribution in [0.25, 0.3) is 0 Å². The van der Waals surface area contributed by atoms with Gasteiger partial charge in [-0.2, -0.15) is 0 Å². The van der Waals surface area contributed by atoms with Gasteiger partial charge in [-0.1, -0.05) is 11.6 Å². The first-order chi connectivity index (χ1) is 6.02. The van der Waals surface area contributed by atoms with Crippen molar-refractivity contribution in [2.24, 2.45) is 11.8 Å². The molecule has 4 heteroatoms. The molecule has 1 aliphatic rings. The Morgan fingerprint density at radius 3 is 2.31 bits per heavy atom. The first kappa shape index (κ1) is 9.77. The van der Waals surface area contributed by atoms with E-state index in [0.29, 0.717) is 12.8 Å². The third-order valence-corrected chi connectivity index (χ3v) is 2.38. The molecule has 2 atom stereocenters. The van der Waals surface area contributed by atoms with Crippen LogP contribution in [0.15, 0.2) is 11.6 Å². The van der Waals surface area contributed by atoms with Crippen LogP contribution in [-0.4, -0.2) is 22.2 Å². The maximum absolute atomic E-state index is 10.7. The summed E-state index contributed by atoms with van der Waals surface area (Å²) >= 11 is 0. The molecule has 0 aliphatic heterocycles. The summed E-state index contributed by atoms with van der Waals surface area (Å²) in [5.41, 5.74) is 0.963. The smallest absolute Gasteiger partial charge is 0.307 e. The van der Waals surface area contributed by atoms with Gasteiger partial charge in [0.15, 0.2) is 0 Å². The molecule has 4 nitrogen and oxygen atoms in total. The van der Waals surface area contributed by atoms with E-state index in [1.165, 1.54) is 0 Å². The van der Waals surface area contributed by atoms with Crippen LogP contribution in [0.2, 0.25) is 0 Å². The largest absolute Gasteiger partial charge is 0.481 e. The van der Waals surface area contributed by atoms with E-state index in [-0.39, 0.29) is 0 Å². The number of carboxylic acids is 2. The Bertz CT molecular complexity index is 267. The normalized spacial score (nSPS) is 27.9. The molecule has 0 saturated carbocycles. The van der Waals surface area contributed by atoms with Gasteiger partial charge in [0.2, 0.25) is 0 Å². The highest BCUT2D eigenvalue weighted by atomic mass is 16.4. The van der Waals surface area contributed by atoms with Crippen LogP contribution >= 0.6 is 0 Å². The van der Waals surface area contributed by atoms with Gasteiger partial charge in [-0.25, -0.2) is 0 Å². The van der Waals surface area contributed by atoms with E-state index in [1.807, 2.05) is 6.92 Å². The molecule has 0 amide bonds. The molecule has 13 heavy (non-hydrogen) atoms. The molecule has 0 saturated heterocycles. The van der Waals surface area contributed by atoms with E-state index in [4.69, 9.17) is 10.2 Å². The van der Waals surface area contributed by atoms with E-state index in [9.17, 15) is 9.59 Å². The fourth-order valence-electron chi connectivity index (χ4n) is 1.60. The highest BCUT2D eigenvalue weighted by Crippen LogP contribution is 2.29. The predicted octanol–water partition coefficient (Wildman–Crippen LogP) is 1.13. The lowest BCUT2D eigenvalue weighted by Gasteiger charge is -2.23. The summed E-state index contributed by atoms with van der Waals surface area (Å²) in [5, 5.41) is 17.5. The molecule has 0 heterocycles. The van der Waals surface area contributed by atoms with Crippen molar-refractivity contribution in [2.45, 2.75) is 19.8 Å². The number of rotatable bonds is 2. The fraction of sp³-hybridized carbons (Fsp3) is 0.556. The van der Waals surface area contributed by atoms with Crippen LogP contribution in [-0.2, 0) is 9.59 Å². The van der Waals surface area contributed by atoms with Crippen LogP contribution in [0.4, 0.5) is 0 Å². The van der Waals surface area contributed by atoms with Gasteiger partial charge in [0.1, 0.15) is 0 Å². The number of hydrogen-bond donors (Lipinski definition) is 2. The molecule has 1 rings (SSSR count). The monoisotopic (exact) mass is 184 g/mol. The molecular formula is C9H12O4. The molecule has 0 bridgehead atoms. The van der Waals surface area contributed by atoms with Crippen LogP contribution < -0.4 is 0 Å². The molecule has 0 fully saturated rings. The molecule has 0 radical (unpaired) electrons. The van der Waals surface area contributed by atoms with Gasteiger partial charge < -0.3 is 10.2 Å². The molecule has 0 unspecified atom stereocenters. The Morgan fingerprint density at radius 1 is 1.31 bits per heavy atom. The Morgan fingerprint density at radius 2 is 1.85 bits per heavy atom. The van der Waals surface area contributed by atoms with Gasteiger partial charge in [-0.3, -0.25) is 9.59 Å². The van der Waals surface area contributed by atoms with Crippen LogP contribution in [0.1, 0.15) is 19.8 Å². The number of hydrogen-bond acceptors (Lipinski definition) is 2. The van der Waals surface area contributed by atoms with E-state index < -0.39 is 23.8 Å². The summed E-state index contributed by atoms with van der Waals surface area (Å²) in [4.78, 5) is 21.4.